The Kier molecular flexibility index (Phi) is 6.57. The van der Waals surface area contributed by atoms with Crippen LogP contribution in [0.3, 0.4) is 0 Å². The molecule has 1 amide bonds. The van der Waals surface area contributed by atoms with Crippen LogP contribution in [0.5, 0.6) is 0 Å². The highest BCUT2D eigenvalue weighted by Crippen LogP contribution is 2.37. The van der Waals surface area contributed by atoms with Gasteiger partial charge < -0.3 is 15.4 Å². The maximum atomic E-state index is 11.2. The molecule has 2 rings (SSSR count). The van der Waals surface area contributed by atoms with Crippen molar-refractivity contribution in [2.75, 3.05) is 18.0 Å². The lowest BCUT2D eigenvalue weighted by molar-refractivity contribution is -0.0291. The van der Waals surface area contributed by atoms with Gasteiger partial charge in [0.25, 0.3) is 0 Å². The summed E-state index contributed by atoms with van der Waals surface area (Å²) in [5.74, 6) is 0.829. The zero-order valence-electron chi connectivity index (χ0n) is 15.2. The number of thiocarbonyl (C=S) groups is 1. The smallest absolute Gasteiger partial charge is 0.405 e. The summed E-state index contributed by atoms with van der Waals surface area (Å²) in [5.41, 5.74) is 6.73. The number of carbonyl (C=O) groups is 1. The van der Waals surface area contributed by atoms with Crippen LogP contribution in [0.25, 0.3) is 0 Å². The van der Waals surface area contributed by atoms with Crippen molar-refractivity contribution in [1.82, 2.24) is 0 Å². The van der Waals surface area contributed by atoms with E-state index in [-0.39, 0.29) is 0 Å². The van der Waals surface area contributed by atoms with Crippen LogP contribution in [0, 0.1) is 11.8 Å². The molecule has 1 unspecified atom stereocenters. The molecule has 1 atom stereocenters. The van der Waals surface area contributed by atoms with Crippen LogP contribution >= 0.6 is 12.2 Å². The Morgan fingerprint density at radius 3 is 2.48 bits per heavy atom. The van der Waals surface area contributed by atoms with Gasteiger partial charge >= 0.3 is 6.09 Å². The molecule has 1 fully saturated rings. The topological polar surface area (TPSA) is 67.9 Å². The molecule has 25 heavy (non-hydrogen) atoms. The standard InChI is InChI=1S/C19H27N3O2S/c1-4-17(19(2,3)24-18(20)23)14-9-11-22(12-10-14)16-7-5-15(6-8-16)21-13-25/h5-8,14,17H,4,9-12H2,1-3H3,(H2,20,23). The second kappa shape index (κ2) is 8.45. The molecular weight excluding hydrogens is 334 g/mol. The van der Waals surface area contributed by atoms with Crippen LogP contribution in [0.15, 0.2) is 29.3 Å². The molecule has 0 aromatic heterocycles. The van der Waals surface area contributed by atoms with E-state index in [1.54, 1.807) is 0 Å². The molecule has 1 heterocycles. The fourth-order valence-corrected chi connectivity index (χ4v) is 4.18. The van der Waals surface area contributed by atoms with Crippen molar-refractivity contribution in [3.8, 4) is 0 Å². The quantitative estimate of drug-likeness (QED) is 0.597. The molecule has 0 spiro atoms. The van der Waals surface area contributed by atoms with Crippen LogP contribution < -0.4 is 10.6 Å². The van der Waals surface area contributed by atoms with Crippen LogP contribution in [-0.2, 0) is 4.74 Å². The van der Waals surface area contributed by atoms with E-state index < -0.39 is 11.7 Å². The molecule has 136 valence electrons. The predicted octanol–water partition coefficient (Wildman–Crippen LogP) is 4.54. The Morgan fingerprint density at radius 1 is 1.40 bits per heavy atom. The van der Waals surface area contributed by atoms with Crippen molar-refractivity contribution in [2.45, 2.75) is 45.6 Å². The van der Waals surface area contributed by atoms with E-state index in [9.17, 15) is 4.79 Å². The average Bonchev–Trinajstić information content (AvgIpc) is 2.56. The van der Waals surface area contributed by atoms with Gasteiger partial charge in [0.2, 0.25) is 0 Å². The first-order chi connectivity index (χ1) is 11.9. The Balaban J connectivity index is 2.00. The number of amides is 1. The summed E-state index contributed by atoms with van der Waals surface area (Å²) in [6.45, 7) is 8.06. The van der Waals surface area contributed by atoms with Gasteiger partial charge in [-0.05, 0) is 75.5 Å². The lowest BCUT2D eigenvalue weighted by Crippen LogP contribution is -2.45. The van der Waals surface area contributed by atoms with E-state index in [1.165, 1.54) is 5.69 Å². The number of ether oxygens (including phenoxy) is 1. The molecule has 1 aromatic rings. The predicted molar refractivity (Wildman–Crippen MR) is 105 cm³/mol. The van der Waals surface area contributed by atoms with Crippen molar-refractivity contribution < 1.29 is 9.53 Å². The lowest BCUT2D eigenvalue weighted by Gasteiger charge is -2.42. The Morgan fingerprint density at radius 2 is 2.00 bits per heavy atom. The number of carbonyl (C=O) groups excluding carboxylic acids is 1. The summed E-state index contributed by atoms with van der Waals surface area (Å²) < 4.78 is 5.39. The van der Waals surface area contributed by atoms with Crippen LogP contribution in [0.2, 0.25) is 0 Å². The zero-order chi connectivity index (χ0) is 18.4. The van der Waals surface area contributed by atoms with Gasteiger partial charge in [-0.25, -0.2) is 4.79 Å². The number of benzene rings is 1. The Bertz CT molecular complexity index is 631. The molecule has 0 saturated carbocycles. The van der Waals surface area contributed by atoms with Crippen molar-refractivity contribution in [1.29, 1.82) is 0 Å². The molecule has 0 radical (unpaired) electrons. The van der Waals surface area contributed by atoms with E-state index in [1.807, 2.05) is 26.0 Å². The van der Waals surface area contributed by atoms with Gasteiger partial charge in [-0.15, -0.1) is 0 Å². The van der Waals surface area contributed by atoms with E-state index in [0.717, 1.165) is 38.0 Å². The van der Waals surface area contributed by atoms with Crippen LogP contribution in [0.1, 0.15) is 40.0 Å². The molecule has 1 aromatic carbocycles. The summed E-state index contributed by atoms with van der Waals surface area (Å²) >= 11 is 4.63. The first-order valence-corrected chi connectivity index (χ1v) is 9.19. The first-order valence-electron chi connectivity index (χ1n) is 8.78. The summed E-state index contributed by atoms with van der Waals surface area (Å²) in [7, 11) is 0. The maximum absolute atomic E-state index is 11.2. The highest BCUT2D eigenvalue weighted by molar-refractivity contribution is 7.78. The zero-order valence-corrected chi connectivity index (χ0v) is 16.0. The van der Waals surface area contributed by atoms with Crippen molar-refractivity contribution in [3.05, 3.63) is 24.3 Å². The van der Waals surface area contributed by atoms with Gasteiger partial charge in [0, 0.05) is 24.7 Å². The third-order valence-corrected chi connectivity index (χ3v) is 5.29. The second-order valence-electron chi connectivity index (χ2n) is 7.08. The van der Waals surface area contributed by atoms with Gasteiger partial charge in [0.05, 0.1) is 10.8 Å². The number of nitrogens with two attached hydrogens (primary N) is 1. The highest BCUT2D eigenvalue weighted by Gasteiger charge is 2.38. The van der Waals surface area contributed by atoms with Gasteiger partial charge in [0.15, 0.2) is 0 Å². The van der Waals surface area contributed by atoms with Crippen molar-refractivity contribution in [3.63, 3.8) is 0 Å². The largest absolute Gasteiger partial charge is 0.443 e. The number of hydrogen-bond donors (Lipinski definition) is 1. The van der Waals surface area contributed by atoms with Gasteiger partial charge in [-0.3, -0.25) is 0 Å². The van der Waals surface area contributed by atoms with Crippen LogP contribution in [-0.4, -0.2) is 29.9 Å². The molecule has 1 aliphatic rings. The normalized spacial score (nSPS) is 16.8. The summed E-state index contributed by atoms with van der Waals surface area (Å²) in [6, 6.07) is 8.06. The first kappa shape index (κ1) is 19.4. The number of nitrogens with zero attached hydrogens (tertiary/aromatic N) is 2. The number of aliphatic imine (C=N–C) groups is 1. The molecule has 5 nitrogen and oxygen atoms in total. The Hall–Kier alpha value is -1.91. The SMILES string of the molecule is CCC(C1CCN(c2ccc(N=C=S)cc2)CC1)C(C)(C)OC(N)=O. The number of primary amides is 1. The maximum Gasteiger partial charge on any atom is 0.405 e. The second-order valence-corrected chi connectivity index (χ2v) is 7.27. The van der Waals surface area contributed by atoms with Crippen molar-refractivity contribution >= 4 is 34.8 Å². The van der Waals surface area contributed by atoms with E-state index >= 15 is 0 Å². The minimum absolute atomic E-state index is 0.307. The van der Waals surface area contributed by atoms with Gasteiger partial charge in [-0.1, -0.05) is 6.92 Å². The van der Waals surface area contributed by atoms with Crippen LogP contribution in [0.4, 0.5) is 16.2 Å². The minimum Gasteiger partial charge on any atom is -0.443 e. The third-order valence-electron chi connectivity index (χ3n) is 5.19. The lowest BCUT2D eigenvalue weighted by atomic mass is 9.74. The summed E-state index contributed by atoms with van der Waals surface area (Å²) in [6.07, 6.45) is 2.42. The minimum atomic E-state index is -0.694. The molecule has 2 N–H and O–H groups in total. The number of isothiocyanates is 1. The molecule has 1 aliphatic heterocycles. The monoisotopic (exact) mass is 361 g/mol. The highest BCUT2D eigenvalue weighted by atomic mass is 32.1. The van der Waals surface area contributed by atoms with E-state index in [4.69, 9.17) is 10.5 Å². The average molecular weight is 362 g/mol. The number of piperidine rings is 1. The fraction of sp³-hybridized carbons (Fsp3) is 0.579. The summed E-state index contributed by atoms with van der Waals surface area (Å²) in [5, 5.41) is 2.39. The molecule has 0 bridgehead atoms. The molecular formula is C19H27N3O2S. The van der Waals surface area contributed by atoms with Gasteiger partial charge in [0.1, 0.15) is 5.60 Å². The molecule has 0 aliphatic carbocycles. The molecule has 6 heteroatoms. The van der Waals surface area contributed by atoms with E-state index in [0.29, 0.717) is 11.8 Å². The fourth-order valence-electron chi connectivity index (χ4n) is 4.08. The van der Waals surface area contributed by atoms with Crippen molar-refractivity contribution in [2.24, 2.45) is 22.6 Å². The van der Waals surface area contributed by atoms with Gasteiger partial charge in [-0.2, -0.15) is 4.99 Å². The Labute approximate surface area is 155 Å². The molecule has 1 saturated heterocycles. The third kappa shape index (κ3) is 5.03. The summed E-state index contributed by atoms with van der Waals surface area (Å²) in [4.78, 5) is 17.6. The number of rotatable bonds is 6. The number of anilines is 1. The van der Waals surface area contributed by atoms with E-state index in [2.05, 4.69) is 46.3 Å². The number of hydrogen-bond acceptors (Lipinski definition) is 5.